The first kappa shape index (κ1) is 9.73. The standard InChI is InChI=1S/C6H8F3NOS/c1-2-11-5-3-10(4-5)12-6(7,8)9/h2,5H,1,3-4H2. The van der Waals surface area contributed by atoms with Crippen molar-refractivity contribution in [3.63, 3.8) is 0 Å². The van der Waals surface area contributed by atoms with Crippen LogP contribution in [0.1, 0.15) is 0 Å². The van der Waals surface area contributed by atoms with Crippen molar-refractivity contribution in [3.05, 3.63) is 12.8 Å². The van der Waals surface area contributed by atoms with Crippen LogP contribution >= 0.6 is 11.9 Å². The maximum atomic E-state index is 11.7. The summed E-state index contributed by atoms with van der Waals surface area (Å²) in [4.78, 5) is 0. The summed E-state index contributed by atoms with van der Waals surface area (Å²) in [5, 5.41) is 0. The van der Waals surface area contributed by atoms with Gasteiger partial charge in [0.2, 0.25) is 0 Å². The van der Waals surface area contributed by atoms with E-state index >= 15 is 0 Å². The smallest absolute Gasteiger partial charge is 0.456 e. The van der Waals surface area contributed by atoms with Crippen LogP contribution in [0.2, 0.25) is 0 Å². The lowest BCUT2D eigenvalue weighted by atomic mass is 10.2. The predicted octanol–water partition coefficient (Wildman–Crippen LogP) is 2.00. The molecule has 0 aromatic heterocycles. The fourth-order valence-corrected chi connectivity index (χ4v) is 1.62. The van der Waals surface area contributed by atoms with E-state index in [0.29, 0.717) is 13.1 Å². The van der Waals surface area contributed by atoms with Crippen LogP contribution in [-0.2, 0) is 4.74 Å². The molecule has 0 spiro atoms. The van der Waals surface area contributed by atoms with Gasteiger partial charge in [-0.25, -0.2) is 4.31 Å². The van der Waals surface area contributed by atoms with Crippen molar-refractivity contribution in [1.29, 1.82) is 0 Å². The van der Waals surface area contributed by atoms with Gasteiger partial charge in [0.1, 0.15) is 6.10 Å². The molecule has 1 rings (SSSR count). The number of hydrogen-bond donors (Lipinski definition) is 0. The van der Waals surface area contributed by atoms with Crippen molar-refractivity contribution >= 4 is 11.9 Å². The van der Waals surface area contributed by atoms with Crippen LogP contribution in [0.5, 0.6) is 0 Å². The van der Waals surface area contributed by atoms with Gasteiger partial charge in [-0.15, -0.1) is 0 Å². The number of ether oxygens (including phenoxy) is 1. The third-order valence-electron chi connectivity index (χ3n) is 1.34. The van der Waals surface area contributed by atoms with E-state index in [4.69, 9.17) is 4.74 Å². The van der Waals surface area contributed by atoms with E-state index in [2.05, 4.69) is 6.58 Å². The topological polar surface area (TPSA) is 12.5 Å². The number of hydrogen-bond acceptors (Lipinski definition) is 3. The molecule has 6 heteroatoms. The first-order valence-electron chi connectivity index (χ1n) is 3.28. The monoisotopic (exact) mass is 199 g/mol. The van der Waals surface area contributed by atoms with E-state index in [1.165, 1.54) is 10.6 Å². The highest BCUT2D eigenvalue weighted by molar-refractivity contribution is 7.97. The Kier molecular flexibility index (Phi) is 2.89. The van der Waals surface area contributed by atoms with Crippen LogP contribution < -0.4 is 0 Å². The van der Waals surface area contributed by atoms with E-state index in [-0.39, 0.29) is 18.1 Å². The zero-order valence-corrected chi connectivity index (χ0v) is 6.99. The summed E-state index contributed by atoms with van der Waals surface area (Å²) in [5.41, 5.74) is -4.18. The minimum atomic E-state index is -4.18. The molecular weight excluding hydrogens is 191 g/mol. The zero-order chi connectivity index (χ0) is 9.19. The van der Waals surface area contributed by atoms with Gasteiger partial charge in [0.25, 0.3) is 0 Å². The average Bonchev–Trinajstić information content (AvgIpc) is 1.80. The third-order valence-corrected chi connectivity index (χ3v) is 2.10. The van der Waals surface area contributed by atoms with Crippen LogP contribution in [0.15, 0.2) is 12.8 Å². The molecular formula is C6H8F3NOS. The Balaban J connectivity index is 2.13. The highest BCUT2D eigenvalue weighted by atomic mass is 32.2. The van der Waals surface area contributed by atoms with Crippen molar-refractivity contribution in [2.24, 2.45) is 0 Å². The molecule has 0 atom stereocenters. The van der Waals surface area contributed by atoms with Gasteiger partial charge in [-0.3, -0.25) is 0 Å². The minimum absolute atomic E-state index is 0.108. The zero-order valence-electron chi connectivity index (χ0n) is 6.17. The molecule has 0 N–H and O–H groups in total. The second kappa shape index (κ2) is 3.57. The van der Waals surface area contributed by atoms with Gasteiger partial charge < -0.3 is 4.74 Å². The Morgan fingerprint density at radius 1 is 1.50 bits per heavy atom. The number of nitrogens with zero attached hydrogens (tertiary/aromatic N) is 1. The molecule has 0 amide bonds. The first-order chi connectivity index (χ1) is 5.51. The summed E-state index contributed by atoms with van der Waals surface area (Å²) in [6, 6.07) is 0. The molecule has 1 aliphatic heterocycles. The second-order valence-electron chi connectivity index (χ2n) is 2.31. The first-order valence-corrected chi connectivity index (χ1v) is 4.06. The molecule has 1 heterocycles. The molecule has 70 valence electrons. The molecule has 12 heavy (non-hydrogen) atoms. The van der Waals surface area contributed by atoms with Gasteiger partial charge in [-0.05, 0) is 0 Å². The lowest BCUT2D eigenvalue weighted by molar-refractivity contribution is -0.0420. The second-order valence-corrected chi connectivity index (χ2v) is 3.47. The Hall–Kier alpha value is -0.360. The van der Waals surface area contributed by atoms with Crippen LogP contribution in [0.25, 0.3) is 0 Å². The SMILES string of the molecule is C=COC1CN(SC(F)(F)F)C1. The van der Waals surface area contributed by atoms with Crippen molar-refractivity contribution in [1.82, 2.24) is 4.31 Å². The summed E-state index contributed by atoms with van der Waals surface area (Å²) in [6.45, 7) is 3.92. The summed E-state index contributed by atoms with van der Waals surface area (Å²) in [5.74, 6) is 0. The largest absolute Gasteiger partial charge is 0.496 e. The summed E-state index contributed by atoms with van der Waals surface area (Å²) >= 11 is -0.108. The molecule has 1 aliphatic rings. The number of rotatable bonds is 3. The molecule has 0 bridgehead atoms. The molecule has 0 saturated carbocycles. The quantitative estimate of drug-likeness (QED) is 0.509. The van der Waals surface area contributed by atoms with Gasteiger partial charge >= 0.3 is 5.51 Å². The van der Waals surface area contributed by atoms with Gasteiger partial charge in [0, 0.05) is 25.0 Å². The van der Waals surface area contributed by atoms with Crippen molar-refractivity contribution in [3.8, 4) is 0 Å². The van der Waals surface area contributed by atoms with E-state index < -0.39 is 5.51 Å². The number of halogens is 3. The minimum Gasteiger partial charge on any atom is -0.496 e. The summed E-state index contributed by atoms with van der Waals surface area (Å²) in [7, 11) is 0. The maximum absolute atomic E-state index is 11.7. The van der Waals surface area contributed by atoms with Crippen molar-refractivity contribution in [2.45, 2.75) is 11.6 Å². The van der Waals surface area contributed by atoms with Crippen molar-refractivity contribution in [2.75, 3.05) is 13.1 Å². The normalized spacial score (nSPS) is 20.2. The summed E-state index contributed by atoms with van der Waals surface area (Å²) in [6.07, 6.45) is 1.12. The van der Waals surface area contributed by atoms with Crippen LogP contribution in [0.3, 0.4) is 0 Å². The van der Waals surface area contributed by atoms with E-state index in [1.807, 2.05) is 0 Å². The summed E-state index contributed by atoms with van der Waals surface area (Å²) < 4.78 is 41.2. The Labute approximate surface area is 72.5 Å². The molecule has 1 saturated heterocycles. The molecule has 0 aromatic carbocycles. The molecule has 0 unspecified atom stereocenters. The Bertz CT molecular complexity index is 167. The van der Waals surface area contributed by atoms with E-state index in [0.717, 1.165) is 0 Å². The molecule has 0 aliphatic carbocycles. The lowest BCUT2D eigenvalue weighted by Crippen LogP contribution is -2.48. The molecule has 1 fully saturated rings. The number of alkyl halides is 3. The lowest BCUT2D eigenvalue weighted by Gasteiger charge is -2.36. The van der Waals surface area contributed by atoms with Crippen LogP contribution in [0, 0.1) is 0 Å². The van der Waals surface area contributed by atoms with E-state index in [9.17, 15) is 13.2 Å². The maximum Gasteiger partial charge on any atom is 0.456 e. The fraction of sp³-hybridized carbons (Fsp3) is 0.667. The fourth-order valence-electron chi connectivity index (χ4n) is 0.844. The highest BCUT2D eigenvalue weighted by Crippen LogP contribution is 2.36. The molecule has 2 nitrogen and oxygen atoms in total. The van der Waals surface area contributed by atoms with Crippen LogP contribution in [0.4, 0.5) is 13.2 Å². The van der Waals surface area contributed by atoms with Gasteiger partial charge in [-0.2, -0.15) is 13.2 Å². The third kappa shape index (κ3) is 2.94. The average molecular weight is 199 g/mol. The predicted molar refractivity (Wildman–Crippen MR) is 40.3 cm³/mol. The van der Waals surface area contributed by atoms with E-state index in [1.54, 1.807) is 0 Å². The van der Waals surface area contributed by atoms with Crippen LogP contribution in [-0.4, -0.2) is 29.0 Å². The highest BCUT2D eigenvalue weighted by Gasteiger charge is 2.39. The molecule has 0 radical (unpaired) electrons. The Morgan fingerprint density at radius 3 is 2.50 bits per heavy atom. The van der Waals surface area contributed by atoms with Gasteiger partial charge in [0.05, 0.1) is 6.26 Å². The van der Waals surface area contributed by atoms with Crippen molar-refractivity contribution < 1.29 is 17.9 Å². The molecule has 0 aromatic rings. The Morgan fingerprint density at radius 2 is 2.08 bits per heavy atom. The van der Waals surface area contributed by atoms with Gasteiger partial charge in [-0.1, -0.05) is 6.58 Å². The van der Waals surface area contributed by atoms with Gasteiger partial charge in [0.15, 0.2) is 0 Å².